The van der Waals surface area contributed by atoms with Crippen LogP contribution in [0.1, 0.15) is 86.7 Å². The van der Waals surface area contributed by atoms with Crippen molar-refractivity contribution >= 4 is 17.8 Å². The van der Waals surface area contributed by atoms with Crippen molar-refractivity contribution < 1.29 is 19.1 Å². The molecule has 0 unspecified atom stereocenters. The molecular weight excluding hydrogens is 426 g/mol. The summed E-state index contributed by atoms with van der Waals surface area (Å²) in [5.74, 6) is 1.23. The highest BCUT2D eigenvalue weighted by Gasteiger charge is 2.20. The average molecular weight is 466 g/mol. The Hall–Kier alpha value is -3.08. The van der Waals surface area contributed by atoms with Crippen LogP contribution < -0.4 is 9.47 Å². The van der Waals surface area contributed by atoms with Crippen LogP contribution in [0.3, 0.4) is 0 Å². The van der Waals surface area contributed by atoms with Gasteiger partial charge in [0.15, 0.2) is 5.78 Å². The highest BCUT2D eigenvalue weighted by Crippen LogP contribution is 2.35. The van der Waals surface area contributed by atoms with Crippen LogP contribution in [-0.4, -0.2) is 41.9 Å². The van der Waals surface area contributed by atoms with Gasteiger partial charge in [-0.05, 0) is 83.9 Å². The summed E-state index contributed by atoms with van der Waals surface area (Å²) in [5.41, 5.74) is 2.22. The molecule has 1 amide bonds. The zero-order chi connectivity index (χ0) is 25.7. The summed E-state index contributed by atoms with van der Waals surface area (Å²) in [5, 5.41) is 0. The number of hydrogen-bond acceptors (Lipinski definition) is 4. The van der Waals surface area contributed by atoms with Crippen molar-refractivity contribution in [2.24, 2.45) is 0 Å². The van der Waals surface area contributed by atoms with Gasteiger partial charge >= 0.3 is 0 Å². The Balaban J connectivity index is 2.42. The fraction of sp³-hybridized carbons (Fsp3) is 0.448. The number of ketones is 1. The fourth-order valence-electron chi connectivity index (χ4n) is 3.36. The normalized spacial score (nSPS) is 12.0. The molecule has 0 bridgehead atoms. The molecule has 184 valence electrons. The van der Waals surface area contributed by atoms with E-state index in [0.717, 1.165) is 29.7 Å². The predicted octanol–water partition coefficient (Wildman–Crippen LogP) is 6.59. The quantitative estimate of drug-likeness (QED) is 0.326. The molecule has 0 N–H and O–H groups in total. The molecule has 0 heterocycles. The lowest BCUT2D eigenvalue weighted by Gasteiger charge is -2.27. The van der Waals surface area contributed by atoms with Crippen LogP contribution in [0, 0.1) is 0 Å². The molecular formula is C29H39NO4. The molecule has 0 aliphatic carbocycles. The monoisotopic (exact) mass is 465 g/mol. The molecule has 5 nitrogen and oxygen atoms in total. The zero-order valence-electron chi connectivity index (χ0n) is 22.1. The third-order valence-corrected chi connectivity index (χ3v) is 4.78. The molecule has 0 atom stereocenters. The molecule has 0 spiro atoms. The largest absolute Gasteiger partial charge is 0.488 e. The van der Waals surface area contributed by atoms with Gasteiger partial charge in [0.1, 0.15) is 22.7 Å². The maximum atomic E-state index is 12.8. The lowest BCUT2D eigenvalue weighted by molar-refractivity contribution is 0.0827. The standard InChI is InChI=1S/C29H39NO4/c1-10-11-22-18-23(26(34-29(5,6)7)19-25(22)33-28(2,3)4)16-17-24(31)20-12-14-21(15-13-20)27(32)30(8)9/h12-19H,10-11H2,1-9H3. The van der Waals surface area contributed by atoms with Gasteiger partial charge in [0.05, 0.1) is 0 Å². The number of hydrogen-bond donors (Lipinski definition) is 0. The first-order valence-corrected chi connectivity index (χ1v) is 11.8. The Bertz CT molecular complexity index is 1040. The van der Waals surface area contributed by atoms with Crippen molar-refractivity contribution in [2.75, 3.05) is 14.1 Å². The Kier molecular flexibility index (Phi) is 8.71. The van der Waals surface area contributed by atoms with E-state index in [2.05, 4.69) is 6.92 Å². The van der Waals surface area contributed by atoms with Crippen LogP contribution in [0.2, 0.25) is 0 Å². The van der Waals surface area contributed by atoms with Gasteiger partial charge in [-0.2, -0.15) is 0 Å². The number of carbonyl (C=O) groups excluding carboxylic acids is 2. The number of amides is 1. The van der Waals surface area contributed by atoms with Crippen molar-refractivity contribution in [3.8, 4) is 11.5 Å². The predicted molar refractivity (Wildman–Crippen MR) is 139 cm³/mol. The number of rotatable bonds is 8. The number of nitrogens with zero attached hydrogens (tertiary/aromatic N) is 1. The molecule has 0 aliphatic heterocycles. The molecule has 2 aromatic carbocycles. The molecule has 2 rings (SSSR count). The molecule has 0 aliphatic rings. The van der Waals surface area contributed by atoms with Crippen LogP contribution in [-0.2, 0) is 6.42 Å². The maximum absolute atomic E-state index is 12.8. The number of allylic oxidation sites excluding steroid dienone is 1. The highest BCUT2D eigenvalue weighted by molar-refractivity contribution is 6.07. The van der Waals surface area contributed by atoms with Crippen LogP contribution in [0.4, 0.5) is 0 Å². The van der Waals surface area contributed by atoms with Crippen molar-refractivity contribution in [1.82, 2.24) is 4.90 Å². The number of ether oxygens (including phenoxy) is 2. The van der Waals surface area contributed by atoms with Gasteiger partial charge in [-0.3, -0.25) is 9.59 Å². The summed E-state index contributed by atoms with van der Waals surface area (Å²) in [6.07, 6.45) is 5.17. The number of aryl methyl sites for hydroxylation is 1. The van der Waals surface area contributed by atoms with E-state index in [-0.39, 0.29) is 17.3 Å². The topological polar surface area (TPSA) is 55.8 Å². The van der Waals surface area contributed by atoms with Crippen LogP contribution in [0.15, 0.2) is 42.5 Å². The Morgan fingerprint density at radius 3 is 1.88 bits per heavy atom. The third-order valence-electron chi connectivity index (χ3n) is 4.78. The minimum atomic E-state index is -0.410. The van der Waals surface area contributed by atoms with Gasteiger partial charge in [0, 0.05) is 36.9 Å². The fourth-order valence-corrected chi connectivity index (χ4v) is 3.36. The first-order valence-electron chi connectivity index (χ1n) is 11.8. The zero-order valence-corrected chi connectivity index (χ0v) is 22.1. The second-order valence-electron chi connectivity index (χ2n) is 10.7. The molecule has 0 saturated carbocycles. The van der Waals surface area contributed by atoms with Gasteiger partial charge in [-0.1, -0.05) is 25.5 Å². The van der Waals surface area contributed by atoms with E-state index in [1.54, 1.807) is 50.5 Å². The van der Waals surface area contributed by atoms with Crippen molar-refractivity contribution in [1.29, 1.82) is 0 Å². The Morgan fingerprint density at radius 1 is 0.853 bits per heavy atom. The summed E-state index contributed by atoms with van der Waals surface area (Å²) in [6.45, 7) is 14.2. The highest BCUT2D eigenvalue weighted by atomic mass is 16.5. The molecule has 2 aromatic rings. The first-order chi connectivity index (χ1) is 15.7. The molecule has 34 heavy (non-hydrogen) atoms. The second-order valence-corrected chi connectivity index (χ2v) is 10.7. The summed E-state index contributed by atoms with van der Waals surface area (Å²) >= 11 is 0. The summed E-state index contributed by atoms with van der Waals surface area (Å²) < 4.78 is 12.5. The maximum Gasteiger partial charge on any atom is 0.253 e. The van der Waals surface area contributed by atoms with Gasteiger partial charge in [0.25, 0.3) is 5.91 Å². The minimum absolute atomic E-state index is 0.0977. The summed E-state index contributed by atoms with van der Waals surface area (Å²) in [6, 6.07) is 10.7. The number of benzene rings is 2. The number of carbonyl (C=O) groups is 2. The van der Waals surface area contributed by atoms with E-state index >= 15 is 0 Å². The van der Waals surface area contributed by atoms with Gasteiger partial charge in [-0.15, -0.1) is 0 Å². The molecule has 0 fully saturated rings. The lowest BCUT2D eigenvalue weighted by Crippen LogP contribution is -2.25. The van der Waals surface area contributed by atoms with E-state index in [1.807, 2.05) is 53.7 Å². The molecule has 0 aromatic heterocycles. The van der Waals surface area contributed by atoms with E-state index in [0.29, 0.717) is 16.9 Å². The third kappa shape index (κ3) is 8.05. The van der Waals surface area contributed by atoms with Crippen LogP contribution in [0.25, 0.3) is 6.08 Å². The van der Waals surface area contributed by atoms with Gasteiger partial charge in [0.2, 0.25) is 0 Å². The Morgan fingerprint density at radius 2 is 1.38 bits per heavy atom. The van der Waals surface area contributed by atoms with Crippen molar-refractivity contribution in [3.05, 3.63) is 64.7 Å². The van der Waals surface area contributed by atoms with E-state index in [4.69, 9.17) is 9.47 Å². The molecule has 5 heteroatoms. The van der Waals surface area contributed by atoms with Crippen molar-refractivity contribution in [3.63, 3.8) is 0 Å². The lowest BCUT2D eigenvalue weighted by atomic mass is 10.0. The first kappa shape index (κ1) is 27.2. The Labute approximate surface area is 204 Å². The van der Waals surface area contributed by atoms with Gasteiger partial charge in [-0.25, -0.2) is 0 Å². The van der Waals surface area contributed by atoms with E-state index in [9.17, 15) is 9.59 Å². The smallest absolute Gasteiger partial charge is 0.253 e. The summed E-state index contributed by atoms with van der Waals surface area (Å²) in [4.78, 5) is 26.4. The van der Waals surface area contributed by atoms with Gasteiger partial charge < -0.3 is 14.4 Å². The second kappa shape index (κ2) is 10.9. The van der Waals surface area contributed by atoms with E-state index in [1.165, 1.54) is 4.90 Å². The average Bonchev–Trinajstić information content (AvgIpc) is 2.71. The molecule has 0 saturated heterocycles. The SMILES string of the molecule is CCCc1cc(C=CC(=O)c2ccc(C(=O)N(C)C)cc2)c(OC(C)(C)C)cc1OC(C)(C)C. The molecule has 0 radical (unpaired) electrons. The van der Waals surface area contributed by atoms with Crippen LogP contribution in [0.5, 0.6) is 11.5 Å². The minimum Gasteiger partial charge on any atom is -0.488 e. The summed E-state index contributed by atoms with van der Waals surface area (Å²) in [7, 11) is 3.40. The van der Waals surface area contributed by atoms with Crippen molar-refractivity contribution in [2.45, 2.75) is 72.5 Å². The van der Waals surface area contributed by atoms with E-state index < -0.39 is 5.60 Å². The van der Waals surface area contributed by atoms with Crippen LogP contribution >= 0.6 is 0 Å².